The van der Waals surface area contributed by atoms with Crippen molar-refractivity contribution in [1.82, 2.24) is 4.90 Å². The van der Waals surface area contributed by atoms with Crippen LogP contribution in [-0.2, 0) is 0 Å². The van der Waals surface area contributed by atoms with Crippen molar-refractivity contribution in [3.63, 3.8) is 0 Å². The van der Waals surface area contributed by atoms with E-state index in [-0.39, 0.29) is 6.67 Å². The summed E-state index contributed by atoms with van der Waals surface area (Å²) in [6.45, 7) is 9.35. The second kappa shape index (κ2) is 3.73. The van der Waals surface area contributed by atoms with Gasteiger partial charge in [0.1, 0.15) is 6.67 Å². The SMILES string of the molecule is CC1CN(CCF)CC(C)(C)C1. The topological polar surface area (TPSA) is 3.24 Å². The predicted molar refractivity (Wildman–Crippen MR) is 50.0 cm³/mol. The van der Waals surface area contributed by atoms with Gasteiger partial charge in [-0.15, -0.1) is 0 Å². The van der Waals surface area contributed by atoms with Gasteiger partial charge < -0.3 is 0 Å². The molecule has 12 heavy (non-hydrogen) atoms. The van der Waals surface area contributed by atoms with Crippen molar-refractivity contribution in [3.05, 3.63) is 0 Å². The minimum absolute atomic E-state index is 0.206. The normalized spacial score (nSPS) is 30.5. The second-order valence-corrected chi connectivity index (χ2v) is 4.90. The largest absolute Gasteiger partial charge is 0.300 e. The number of nitrogens with zero attached hydrogens (tertiary/aromatic N) is 1. The molecule has 0 aromatic heterocycles. The van der Waals surface area contributed by atoms with E-state index in [9.17, 15) is 4.39 Å². The van der Waals surface area contributed by atoms with Crippen LogP contribution in [-0.4, -0.2) is 31.2 Å². The number of rotatable bonds is 2. The highest BCUT2D eigenvalue weighted by Gasteiger charge is 2.29. The standard InChI is InChI=1S/C10H20FN/c1-9-6-10(2,3)8-12(7-9)5-4-11/h9H,4-8H2,1-3H3. The molecule has 72 valence electrons. The molecule has 0 bridgehead atoms. The van der Waals surface area contributed by atoms with Crippen molar-refractivity contribution in [2.75, 3.05) is 26.3 Å². The van der Waals surface area contributed by atoms with Crippen molar-refractivity contribution in [3.8, 4) is 0 Å². The molecule has 0 saturated carbocycles. The zero-order chi connectivity index (χ0) is 9.19. The van der Waals surface area contributed by atoms with Crippen LogP contribution in [0.5, 0.6) is 0 Å². The average molecular weight is 173 g/mol. The van der Waals surface area contributed by atoms with E-state index in [1.807, 2.05) is 0 Å². The summed E-state index contributed by atoms with van der Waals surface area (Å²) >= 11 is 0. The number of piperidine rings is 1. The lowest BCUT2D eigenvalue weighted by molar-refractivity contribution is 0.0752. The zero-order valence-electron chi connectivity index (χ0n) is 8.44. The molecule has 0 aliphatic carbocycles. The van der Waals surface area contributed by atoms with Crippen molar-refractivity contribution < 1.29 is 4.39 Å². The van der Waals surface area contributed by atoms with E-state index in [1.54, 1.807) is 0 Å². The van der Waals surface area contributed by atoms with Crippen LogP contribution < -0.4 is 0 Å². The first kappa shape index (κ1) is 9.97. The van der Waals surface area contributed by atoms with Gasteiger partial charge in [-0.3, -0.25) is 4.90 Å². The van der Waals surface area contributed by atoms with Gasteiger partial charge in [0.25, 0.3) is 0 Å². The van der Waals surface area contributed by atoms with E-state index in [0.29, 0.717) is 12.0 Å². The molecule has 1 unspecified atom stereocenters. The van der Waals surface area contributed by atoms with E-state index in [4.69, 9.17) is 0 Å². The van der Waals surface area contributed by atoms with E-state index in [1.165, 1.54) is 6.42 Å². The van der Waals surface area contributed by atoms with Crippen LogP contribution in [0.4, 0.5) is 4.39 Å². The molecule has 1 fully saturated rings. The number of hydrogen-bond acceptors (Lipinski definition) is 1. The predicted octanol–water partition coefficient (Wildman–Crippen LogP) is 2.32. The van der Waals surface area contributed by atoms with Crippen LogP contribution in [0.25, 0.3) is 0 Å². The lowest BCUT2D eigenvalue weighted by atomic mass is 9.79. The molecule has 1 atom stereocenters. The van der Waals surface area contributed by atoms with Gasteiger partial charge in [0.15, 0.2) is 0 Å². The number of alkyl halides is 1. The second-order valence-electron chi connectivity index (χ2n) is 4.90. The molecule has 0 radical (unpaired) electrons. The summed E-state index contributed by atoms with van der Waals surface area (Å²) in [5.41, 5.74) is 0.382. The van der Waals surface area contributed by atoms with Gasteiger partial charge in [0.2, 0.25) is 0 Å². The number of hydrogen-bond donors (Lipinski definition) is 0. The molecular formula is C10H20FN. The summed E-state index contributed by atoms with van der Waals surface area (Å²) in [6.07, 6.45) is 1.27. The van der Waals surface area contributed by atoms with Crippen LogP contribution in [0.3, 0.4) is 0 Å². The quantitative estimate of drug-likeness (QED) is 0.619. The van der Waals surface area contributed by atoms with Crippen LogP contribution >= 0.6 is 0 Å². The van der Waals surface area contributed by atoms with E-state index < -0.39 is 0 Å². The van der Waals surface area contributed by atoms with Crippen molar-refractivity contribution in [1.29, 1.82) is 0 Å². The third-order valence-corrected chi connectivity index (χ3v) is 2.52. The molecule has 1 rings (SSSR count). The molecule has 0 spiro atoms. The third kappa shape index (κ3) is 2.74. The van der Waals surface area contributed by atoms with Crippen molar-refractivity contribution >= 4 is 0 Å². The minimum atomic E-state index is -0.206. The van der Waals surface area contributed by atoms with Crippen LogP contribution in [0.1, 0.15) is 27.2 Å². The summed E-state index contributed by atoms with van der Waals surface area (Å²) in [5.74, 6) is 0.722. The Morgan fingerprint density at radius 2 is 2.17 bits per heavy atom. The molecule has 2 heteroatoms. The maximum Gasteiger partial charge on any atom is 0.102 e. The highest BCUT2D eigenvalue weighted by Crippen LogP contribution is 2.31. The third-order valence-electron chi connectivity index (χ3n) is 2.52. The molecule has 0 N–H and O–H groups in total. The zero-order valence-corrected chi connectivity index (χ0v) is 8.44. The van der Waals surface area contributed by atoms with E-state index in [2.05, 4.69) is 25.7 Å². The van der Waals surface area contributed by atoms with Gasteiger partial charge in [-0.25, -0.2) is 4.39 Å². The fourth-order valence-corrected chi connectivity index (χ4v) is 2.47. The molecule has 1 aliphatic rings. The summed E-state index contributed by atoms with van der Waals surface area (Å²) in [4.78, 5) is 2.24. The average Bonchev–Trinajstić information content (AvgIpc) is 1.82. The smallest absolute Gasteiger partial charge is 0.102 e. The molecule has 0 aromatic rings. The van der Waals surface area contributed by atoms with Crippen molar-refractivity contribution in [2.45, 2.75) is 27.2 Å². The fourth-order valence-electron chi connectivity index (χ4n) is 2.47. The first-order valence-electron chi connectivity index (χ1n) is 4.82. The number of halogens is 1. The Balaban J connectivity index is 2.46. The molecule has 0 amide bonds. The Kier molecular flexibility index (Phi) is 3.10. The van der Waals surface area contributed by atoms with Crippen molar-refractivity contribution in [2.24, 2.45) is 11.3 Å². The summed E-state index contributed by atoms with van der Waals surface area (Å²) in [5, 5.41) is 0. The van der Waals surface area contributed by atoms with Gasteiger partial charge in [0, 0.05) is 19.6 Å². The first-order chi connectivity index (χ1) is 5.53. The van der Waals surface area contributed by atoms with Crippen LogP contribution in [0.2, 0.25) is 0 Å². The molecule has 1 nitrogen and oxygen atoms in total. The Morgan fingerprint density at radius 3 is 2.67 bits per heavy atom. The first-order valence-corrected chi connectivity index (χ1v) is 4.82. The highest BCUT2D eigenvalue weighted by atomic mass is 19.1. The Hall–Kier alpha value is -0.110. The summed E-state index contributed by atoms with van der Waals surface area (Å²) in [6, 6.07) is 0. The van der Waals surface area contributed by atoms with Crippen LogP contribution in [0.15, 0.2) is 0 Å². The monoisotopic (exact) mass is 173 g/mol. The molecule has 1 heterocycles. The molecular weight excluding hydrogens is 153 g/mol. The van der Waals surface area contributed by atoms with Gasteiger partial charge >= 0.3 is 0 Å². The Labute approximate surface area is 74.9 Å². The Morgan fingerprint density at radius 1 is 1.50 bits per heavy atom. The maximum atomic E-state index is 12.1. The van der Waals surface area contributed by atoms with E-state index in [0.717, 1.165) is 19.0 Å². The summed E-state index contributed by atoms with van der Waals surface area (Å²) < 4.78 is 12.1. The highest BCUT2D eigenvalue weighted by molar-refractivity contribution is 4.82. The van der Waals surface area contributed by atoms with E-state index >= 15 is 0 Å². The fraction of sp³-hybridized carbons (Fsp3) is 1.00. The number of likely N-dealkylation sites (tertiary alicyclic amines) is 1. The van der Waals surface area contributed by atoms with Crippen LogP contribution in [0, 0.1) is 11.3 Å². The molecule has 0 aromatic carbocycles. The lowest BCUT2D eigenvalue weighted by Crippen LogP contribution is -2.44. The molecule has 1 saturated heterocycles. The Bertz CT molecular complexity index is 145. The molecule has 1 aliphatic heterocycles. The maximum absolute atomic E-state index is 12.1. The van der Waals surface area contributed by atoms with Gasteiger partial charge in [-0.05, 0) is 17.8 Å². The van der Waals surface area contributed by atoms with Gasteiger partial charge in [0.05, 0.1) is 0 Å². The lowest BCUT2D eigenvalue weighted by Gasteiger charge is -2.41. The summed E-state index contributed by atoms with van der Waals surface area (Å²) in [7, 11) is 0. The van der Waals surface area contributed by atoms with Gasteiger partial charge in [-0.1, -0.05) is 20.8 Å². The minimum Gasteiger partial charge on any atom is -0.300 e. The van der Waals surface area contributed by atoms with Gasteiger partial charge in [-0.2, -0.15) is 0 Å².